The highest BCUT2D eigenvalue weighted by Crippen LogP contribution is 2.77. The van der Waals surface area contributed by atoms with E-state index in [0.717, 1.165) is 37.5 Å². The third kappa shape index (κ3) is 1.84. The molecule has 3 nitrogen and oxygen atoms in total. The molecular formula is C25H38O3. The number of carbonyl (C=O) groups excluding carboxylic acids is 1. The molecule has 6 aliphatic rings. The van der Waals surface area contributed by atoms with E-state index >= 15 is 0 Å². The first-order chi connectivity index (χ1) is 13.3. The molecule has 1 N–H and O–H groups in total. The number of carbonyl (C=O) groups is 1. The van der Waals surface area contributed by atoms with Gasteiger partial charge >= 0.3 is 0 Å². The van der Waals surface area contributed by atoms with Gasteiger partial charge in [-0.1, -0.05) is 26.7 Å². The van der Waals surface area contributed by atoms with Crippen LogP contribution in [0.25, 0.3) is 0 Å². The van der Waals surface area contributed by atoms with Crippen molar-refractivity contribution in [3.63, 3.8) is 0 Å². The minimum Gasteiger partial charge on any atom is -0.393 e. The molecule has 3 heteroatoms. The van der Waals surface area contributed by atoms with Crippen molar-refractivity contribution >= 4 is 5.78 Å². The molecule has 1 heterocycles. The quantitative estimate of drug-likeness (QED) is 0.652. The highest BCUT2D eigenvalue weighted by Gasteiger charge is 2.77. The van der Waals surface area contributed by atoms with E-state index in [0.29, 0.717) is 23.7 Å². The second-order valence-corrected chi connectivity index (χ2v) is 12.1. The molecule has 0 aromatic carbocycles. The van der Waals surface area contributed by atoms with Gasteiger partial charge in [-0.05, 0) is 87.4 Å². The predicted octanol–water partition coefficient (Wildman–Crippen LogP) is 4.90. The van der Waals surface area contributed by atoms with Gasteiger partial charge in [0, 0.05) is 17.3 Å². The van der Waals surface area contributed by atoms with Gasteiger partial charge in [-0.15, -0.1) is 0 Å². The molecule has 0 aromatic heterocycles. The van der Waals surface area contributed by atoms with Crippen LogP contribution in [0.5, 0.6) is 0 Å². The second kappa shape index (κ2) is 5.44. The predicted molar refractivity (Wildman–Crippen MR) is 108 cm³/mol. The highest BCUT2D eigenvalue weighted by molar-refractivity contribution is 5.84. The van der Waals surface area contributed by atoms with Gasteiger partial charge < -0.3 is 9.84 Å². The number of epoxide rings is 1. The SMILES string of the molecule is CC(=O)[C@]12CCCC[C@H]1C[C@@H]1[C@H]3C[C@@H]4O[C@@]45C[C@@H](O)CC[C@]5(C)[C@@H]3CC[C@@]12C. The molecule has 28 heavy (non-hydrogen) atoms. The summed E-state index contributed by atoms with van der Waals surface area (Å²) in [6, 6.07) is 0. The zero-order valence-corrected chi connectivity index (χ0v) is 18.0. The topological polar surface area (TPSA) is 49.8 Å². The number of aliphatic hydroxyl groups excluding tert-OH is 1. The summed E-state index contributed by atoms with van der Waals surface area (Å²) in [7, 11) is 0. The van der Waals surface area contributed by atoms with Crippen LogP contribution in [0.15, 0.2) is 0 Å². The molecule has 1 spiro atoms. The fraction of sp³-hybridized carbons (Fsp3) is 0.960. The minimum atomic E-state index is -0.168. The fourth-order valence-corrected chi connectivity index (χ4v) is 10.5. The Balaban J connectivity index is 1.40. The average Bonchev–Trinajstić information content (AvgIpc) is 3.27. The standard InChI is InChI=1S/C25H38O3/c1-15(26)24-9-5-4-6-16(24)12-20-18-13-21-25(28-21)14-17(27)7-10-23(25,3)19(18)8-11-22(20,24)2/h16-21,27H,4-14H2,1-3H3/t16-,17-,18-,19+,20+,21-,22-,23+,24+,25-/m0/s1. The molecule has 0 radical (unpaired) electrons. The normalized spacial score (nSPS) is 62.0. The van der Waals surface area contributed by atoms with Crippen LogP contribution in [0.3, 0.4) is 0 Å². The lowest BCUT2D eigenvalue weighted by Gasteiger charge is -2.61. The molecule has 0 bridgehead atoms. The number of ether oxygens (including phenoxy) is 1. The number of aliphatic hydroxyl groups is 1. The lowest BCUT2D eigenvalue weighted by atomic mass is 9.42. The summed E-state index contributed by atoms with van der Waals surface area (Å²) in [4.78, 5) is 13.2. The van der Waals surface area contributed by atoms with Crippen molar-refractivity contribution in [1.29, 1.82) is 0 Å². The van der Waals surface area contributed by atoms with E-state index in [9.17, 15) is 9.90 Å². The monoisotopic (exact) mass is 386 g/mol. The smallest absolute Gasteiger partial charge is 0.136 e. The van der Waals surface area contributed by atoms with Crippen LogP contribution in [0.1, 0.15) is 91.4 Å². The van der Waals surface area contributed by atoms with E-state index in [-0.39, 0.29) is 27.9 Å². The summed E-state index contributed by atoms with van der Waals surface area (Å²) >= 11 is 0. The summed E-state index contributed by atoms with van der Waals surface area (Å²) < 4.78 is 6.48. The average molecular weight is 387 g/mol. The summed E-state index contributed by atoms with van der Waals surface area (Å²) in [5, 5.41) is 10.4. The van der Waals surface area contributed by atoms with Crippen LogP contribution in [-0.2, 0) is 9.53 Å². The highest BCUT2D eigenvalue weighted by atomic mass is 16.6. The zero-order chi connectivity index (χ0) is 19.5. The molecule has 6 fully saturated rings. The summed E-state index contributed by atoms with van der Waals surface area (Å²) in [6.45, 7) is 6.93. The van der Waals surface area contributed by atoms with E-state index in [1.54, 1.807) is 0 Å². The fourth-order valence-electron chi connectivity index (χ4n) is 10.5. The van der Waals surface area contributed by atoms with E-state index in [2.05, 4.69) is 13.8 Å². The number of hydrogen-bond donors (Lipinski definition) is 1. The van der Waals surface area contributed by atoms with Crippen LogP contribution in [0.4, 0.5) is 0 Å². The Kier molecular flexibility index (Phi) is 3.57. The molecule has 0 amide bonds. The van der Waals surface area contributed by atoms with Crippen molar-refractivity contribution in [2.24, 2.45) is 39.9 Å². The maximum absolute atomic E-state index is 13.2. The lowest BCUT2D eigenvalue weighted by molar-refractivity contribution is -0.154. The molecule has 1 aliphatic heterocycles. The third-order valence-electron chi connectivity index (χ3n) is 11.7. The summed E-state index contributed by atoms with van der Waals surface area (Å²) in [6.07, 6.45) is 13.1. The number of Topliss-reactive ketones (excluding diaryl/α,β-unsaturated/α-hetero) is 1. The molecule has 1 saturated heterocycles. The maximum atomic E-state index is 13.2. The number of ketones is 1. The van der Waals surface area contributed by atoms with E-state index in [4.69, 9.17) is 4.74 Å². The summed E-state index contributed by atoms with van der Waals surface area (Å²) in [5.41, 5.74) is 0.371. The van der Waals surface area contributed by atoms with Crippen LogP contribution < -0.4 is 0 Å². The van der Waals surface area contributed by atoms with Crippen LogP contribution in [0, 0.1) is 39.9 Å². The molecule has 5 saturated carbocycles. The van der Waals surface area contributed by atoms with Gasteiger partial charge in [0.25, 0.3) is 0 Å². The summed E-state index contributed by atoms with van der Waals surface area (Å²) in [5.74, 6) is 3.27. The van der Waals surface area contributed by atoms with Crippen molar-refractivity contribution < 1.29 is 14.6 Å². The van der Waals surface area contributed by atoms with Crippen LogP contribution in [-0.4, -0.2) is 28.7 Å². The van der Waals surface area contributed by atoms with Gasteiger partial charge in [-0.2, -0.15) is 0 Å². The molecule has 5 aliphatic carbocycles. The van der Waals surface area contributed by atoms with E-state index in [1.165, 1.54) is 44.9 Å². The number of hydrogen-bond acceptors (Lipinski definition) is 3. The zero-order valence-electron chi connectivity index (χ0n) is 18.0. The Hall–Kier alpha value is -0.410. The molecular weight excluding hydrogens is 348 g/mol. The Morgan fingerprint density at radius 2 is 1.75 bits per heavy atom. The van der Waals surface area contributed by atoms with Crippen molar-refractivity contribution in [1.82, 2.24) is 0 Å². The first-order valence-electron chi connectivity index (χ1n) is 12.2. The largest absolute Gasteiger partial charge is 0.393 e. The van der Waals surface area contributed by atoms with E-state index < -0.39 is 0 Å². The molecule has 6 rings (SSSR count). The third-order valence-corrected chi connectivity index (χ3v) is 11.7. The van der Waals surface area contributed by atoms with Crippen LogP contribution >= 0.6 is 0 Å². The van der Waals surface area contributed by atoms with Gasteiger partial charge in [0.05, 0.1) is 12.2 Å². The van der Waals surface area contributed by atoms with E-state index in [1.807, 2.05) is 6.92 Å². The Morgan fingerprint density at radius 1 is 0.964 bits per heavy atom. The Morgan fingerprint density at radius 3 is 2.54 bits per heavy atom. The van der Waals surface area contributed by atoms with Crippen molar-refractivity contribution in [3.8, 4) is 0 Å². The number of rotatable bonds is 1. The van der Waals surface area contributed by atoms with Gasteiger partial charge in [-0.25, -0.2) is 0 Å². The van der Waals surface area contributed by atoms with Crippen molar-refractivity contribution in [2.45, 2.75) is 109 Å². The first-order valence-corrected chi connectivity index (χ1v) is 12.2. The molecule has 0 unspecified atom stereocenters. The molecule has 10 atom stereocenters. The van der Waals surface area contributed by atoms with Crippen LogP contribution in [0.2, 0.25) is 0 Å². The maximum Gasteiger partial charge on any atom is 0.136 e. The lowest BCUT2D eigenvalue weighted by Crippen LogP contribution is -2.60. The van der Waals surface area contributed by atoms with Crippen molar-refractivity contribution in [3.05, 3.63) is 0 Å². The Labute approximate surface area is 170 Å². The van der Waals surface area contributed by atoms with Gasteiger partial charge in [0.15, 0.2) is 0 Å². The minimum absolute atomic E-state index is 0.0246. The number of fused-ring (bicyclic) bond motifs is 6. The van der Waals surface area contributed by atoms with Gasteiger partial charge in [0.2, 0.25) is 0 Å². The second-order valence-electron chi connectivity index (χ2n) is 12.1. The first kappa shape index (κ1) is 18.4. The van der Waals surface area contributed by atoms with Crippen molar-refractivity contribution in [2.75, 3.05) is 0 Å². The van der Waals surface area contributed by atoms with Gasteiger partial charge in [0.1, 0.15) is 11.4 Å². The molecule has 0 aromatic rings. The van der Waals surface area contributed by atoms with Gasteiger partial charge in [-0.3, -0.25) is 4.79 Å². The molecule has 156 valence electrons. The Bertz CT molecular complexity index is 719.